The number of likely N-dealkylation sites (N-methyl/N-ethyl adjacent to an activating group) is 1. The van der Waals surface area contributed by atoms with Crippen LogP contribution in [0.1, 0.15) is 58.5 Å². The van der Waals surface area contributed by atoms with E-state index in [0.717, 1.165) is 83.3 Å². The van der Waals surface area contributed by atoms with Gasteiger partial charge in [-0.25, -0.2) is 9.97 Å². The van der Waals surface area contributed by atoms with E-state index >= 15 is 0 Å². The van der Waals surface area contributed by atoms with Crippen molar-refractivity contribution in [3.05, 3.63) is 34.6 Å². The molecule has 28 heavy (non-hydrogen) atoms. The van der Waals surface area contributed by atoms with Crippen molar-refractivity contribution < 1.29 is 9.59 Å². The summed E-state index contributed by atoms with van der Waals surface area (Å²) < 4.78 is 2.19. The molecule has 0 radical (unpaired) electrons. The predicted octanol–water partition coefficient (Wildman–Crippen LogP) is 3.18. The molecule has 144 valence electrons. The van der Waals surface area contributed by atoms with E-state index < -0.39 is 0 Å². The van der Waals surface area contributed by atoms with Gasteiger partial charge in [-0.15, -0.1) is 0 Å². The van der Waals surface area contributed by atoms with Crippen LogP contribution < -0.4 is 0 Å². The molecule has 5 rings (SSSR count). The average Bonchev–Trinajstić information content (AvgIpc) is 3.37. The van der Waals surface area contributed by atoms with Gasteiger partial charge in [0.15, 0.2) is 11.6 Å². The Morgan fingerprint density at radius 3 is 1.82 bits per heavy atom. The van der Waals surface area contributed by atoms with Gasteiger partial charge in [-0.2, -0.15) is 0 Å². The van der Waals surface area contributed by atoms with Crippen LogP contribution in [0.25, 0.3) is 22.1 Å². The van der Waals surface area contributed by atoms with Gasteiger partial charge in [-0.3, -0.25) is 9.59 Å². The zero-order valence-corrected chi connectivity index (χ0v) is 16.4. The van der Waals surface area contributed by atoms with E-state index in [1.165, 1.54) is 0 Å². The molecule has 0 saturated heterocycles. The number of carbonyl (C=O) groups is 2. The SMILES string of the molecule is CCN(CC)CCn1c2ncc3c(c2c2c4c(cnc21)C(=O)CC4)CCC3=O. The van der Waals surface area contributed by atoms with Gasteiger partial charge in [0.25, 0.3) is 0 Å². The monoisotopic (exact) mass is 376 g/mol. The zero-order chi connectivity index (χ0) is 19.4. The van der Waals surface area contributed by atoms with E-state index in [-0.39, 0.29) is 11.6 Å². The smallest absolute Gasteiger partial charge is 0.165 e. The Balaban J connectivity index is 1.80. The van der Waals surface area contributed by atoms with Crippen molar-refractivity contribution in [3.8, 4) is 0 Å². The van der Waals surface area contributed by atoms with E-state index in [4.69, 9.17) is 9.97 Å². The Bertz CT molecular complexity index is 1060. The van der Waals surface area contributed by atoms with Gasteiger partial charge in [0.2, 0.25) is 0 Å². The van der Waals surface area contributed by atoms with Crippen LogP contribution in [-0.2, 0) is 19.4 Å². The van der Waals surface area contributed by atoms with E-state index in [1.807, 2.05) is 0 Å². The number of hydrogen-bond donors (Lipinski definition) is 0. The van der Waals surface area contributed by atoms with Crippen LogP contribution in [0.2, 0.25) is 0 Å². The average molecular weight is 376 g/mol. The van der Waals surface area contributed by atoms with Crippen molar-refractivity contribution in [1.82, 2.24) is 19.4 Å². The number of rotatable bonds is 5. The summed E-state index contributed by atoms with van der Waals surface area (Å²) in [5.41, 5.74) is 5.48. The zero-order valence-electron chi connectivity index (χ0n) is 16.4. The highest BCUT2D eigenvalue weighted by Gasteiger charge is 2.30. The molecule has 6 nitrogen and oxygen atoms in total. The number of fused-ring (bicyclic) bond motifs is 7. The highest BCUT2D eigenvalue weighted by molar-refractivity contribution is 6.16. The Hall–Kier alpha value is -2.60. The van der Waals surface area contributed by atoms with Crippen LogP contribution in [0.4, 0.5) is 0 Å². The Labute approximate surface area is 163 Å². The van der Waals surface area contributed by atoms with Gasteiger partial charge in [-0.05, 0) is 37.1 Å². The molecule has 0 unspecified atom stereocenters. The van der Waals surface area contributed by atoms with E-state index in [0.29, 0.717) is 12.8 Å². The third kappa shape index (κ3) is 2.37. The second-order valence-corrected chi connectivity index (χ2v) is 7.72. The van der Waals surface area contributed by atoms with Crippen molar-refractivity contribution in [2.24, 2.45) is 0 Å². The van der Waals surface area contributed by atoms with Crippen LogP contribution in [0, 0.1) is 0 Å². The molecular formula is C22H24N4O2. The molecular weight excluding hydrogens is 352 g/mol. The topological polar surface area (TPSA) is 68.1 Å². The molecule has 0 bridgehead atoms. The third-order valence-electron chi connectivity index (χ3n) is 6.43. The lowest BCUT2D eigenvalue weighted by molar-refractivity contribution is 0.0986. The summed E-state index contributed by atoms with van der Waals surface area (Å²) in [4.78, 5) is 36.4. The second-order valence-electron chi connectivity index (χ2n) is 7.72. The summed E-state index contributed by atoms with van der Waals surface area (Å²) in [5, 5.41) is 2.11. The van der Waals surface area contributed by atoms with Crippen molar-refractivity contribution in [2.75, 3.05) is 19.6 Å². The minimum absolute atomic E-state index is 0.171. The number of aryl methyl sites for hydroxylation is 2. The van der Waals surface area contributed by atoms with Crippen molar-refractivity contribution in [3.63, 3.8) is 0 Å². The first-order chi connectivity index (χ1) is 13.6. The van der Waals surface area contributed by atoms with Gasteiger partial charge < -0.3 is 9.47 Å². The number of pyridine rings is 2. The normalized spacial score (nSPS) is 16.0. The number of aromatic nitrogens is 3. The van der Waals surface area contributed by atoms with Crippen molar-refractivity contribution in [1.29, 1.82) is 0 Å². The summed E-state index contributed by atoms with van der Waals surface area (Å²) in [6.07, 6.45) is 6.07. The van der Waals surface area contributed by atoms with E-state index in [1.54, 1.807) is 12.4 Å². The molecule has 3 heterocycles. The summed E-state index contributed by atoms with van der Waals surface area (Å²) >= 11 is 0. The number of carbonyl (C=O) groups excluding carboxylic acids is 2. The molecule has 0 aliphatic heterocycles. The summed E-state index contributed by atoms with van der Waals surface area (Å²) in [5.74, 6) is 0.343. The first-order valence-corrected chi connectivity index (χ1v) is 10.2. The third-order valence-corrected chi connectivity index (χ3v) is 6.43. The Morgan fingerprint density at radius 1 is 0.857 bits per heavy atom. The fourth-order valence-corrected chi connectivity index (χ4v) is 4.85. The fourth-order valence-electron chi connectivity index (χ4n) is 4.85. The first kappa shape index (κ1) is 17.5. The molecule has 3 aromatic rings. The molecule has 0 spiro atoms. The van der Waals surface area contributed by atoms with E-state index in [2.05, 4.69) is 23.3 Å². The molecule has 3 aromatic heterocycles. The molecule has 0 atom stereocenters. The molecule has 2 aliphatic rings. The standard InChI is InChI=1S/C22H24N4O2/c1-3-25(4-2)9-10-26-21-19(13-5-7-17(27)15(13)11-23-21)20-14-6-8-18(28)16(14)12-24-22(20)26/h11-12H,3-10H2,1-2H3. The Morgan fingerprint density at radius 2 is 1.36 bits per heavy atom. The lowest BCUT2D eigenvalue weighted by atomic mass is 10.0. The van der Waals surface area contributed by atoms with Crippen LogP contribution in [0.15, 0.2) is 12.4 Å². The second kappa shape index (κ2) is 6.48. The molecule has 0 amide bonds. The maximum atomic E-state index is 12.3. The maximum absolute atomic E-state index is 12.3. The lowest BCUT2D eigenvalue weighted by Crippen LogP contribution is -2.27. The maximum Gasteiger partial charge on any atom is 0.165 e. The summed E-state index contributed by atoms with van der Waals surface area (Å²) in [6.45, 7) is 8.05. The highest BCUT2D eigenvalue weighted by atomic mass is 16.1. The van der Waals surface area contributed by atoms with E-state index in [9.17, 15) is 9.59 Å². The van der Waals surface area contributed by atoms with Gasteiger partial charge in [0, 0.05) is 60.2 Å². The number of hydrogen-bond acceptors (Lipinski definition) is 5. The molecule has 2 aliphatic carbocycles. The summed E-state index contributed by atoms with van der Waals surface area (Å²) in [6, 6.07) is 0. The number of ketones is 2. The predicted molar refractivity (Wildman–Crippen MR) is 108 cm³/mol. The molecule has 0 fully saturated rings. The lowest BCUT2D eigenvalue weighted by Gasteiger charge is -2.18. The minimum atomic E-state index is 0.171. The number of Topliss-reactive ketones (excluding diaryl/α,β-unsaturated/α-hetero) is 2. The molecule has 6 heteroatoms. The van der Waals surface area contributed by atoms with Crippen molar-refractivity contribution in [2.45, 2.75) is 46.1 Å². The molecule has 0 N–H and O–H groups in total. The van der Waals surface area contributed by atoms with Gasteiger partial charge in [0.05, 0.1) is 0 Å². The largest absolute Gasteiger partial charge is 0.309 e. The highest BCUT2D eigenvalue weighted by Crippen LogP contribution is 2.39. The minimum Gasteiger partial charge on any atom is -0.309 e. The van der Waals surface area contributed by atoms with Gasteiger partial charge in [0.1, 0.15) is 11.3 Å². The Kier molecular flexibility index (Phi) is 4.05. The van der Waals surface area contributed by atoms with Gasteiger partial charge >= 0.3 is 0 Å². The number of nitrogens with zero attached hydrogens (tertiary/aromatic N) is 4. The van der Waals surface area contributed by atoms with Crippen LogP contribution >= 0.6 is 0 Å². The van der Waals surface area contributed by atoms with Crippen LogP contribution in [0.3, 0.4) is 0 Å². The fraction of sp³-hybridized carbons (Fsp3) is 0.455. The van der Waals surface area contributed by atoms with Gasteiger partial charge in [-0.1, -0.05) is 13.8 Å². The van der Waals surface area contributed by atoms with Crippen molar-refractivity contribution >= 4 is 33.6 Å². The molecule has 0 aromatic carbocycles. The quantitative estimate of drug-likeness (QED) is 0.684. The van der Waals surface area contributed by atoms with Crippen LogP contribution in [-0.4, -0.2) is 50.6 Å². The van der Waals surface area contributed by atoms with Crippen LogP contribution in [0.5, 0.6) is 0 Å². The molecule has 0 saturated carbocycles. The first-order valence-electron chi connectivity index (χ1n) is 10.2. The summed E-state index contributed by atoms with van der Waals surface area (Å²) in [7, 11) is 0.